The molecule has 10 aromatic rings. The van der Waals surface area contributed by atoms with Gasteiger partial charge in [-0.2, -0.15) is 0 Å². The van der Waals surface area contributed by atoms with Crippen molar-refractivity contribution in [2.75, 3.05) is 0 Å². The number of hydrogen-bond acceptors (Lipinski definition) is 2. The molecule has 280 valence electrons. The van der Waals surface area contributed by atoms with Crippen LogP contribution in [0.2, 0.25) is 0 Å². The summed E-state index contributed by atoms with van der Waals surface area (Å²) in [4.78, 5) is 4.87. The molecular weight excluding hydrogens is 725 g/mol. The van der Waals surface area contributed by atoms with Crippen molar-refractivity contribution in [3.63, 3.8) is 0 Å². The van der Waals surface area contributed by atoms with Gasteiger partial charge in [-0.05, 0) is 69.0 Å². The van der Waals surface area contributed by atoms with Crippen LogP contribution >= 0.6 is 0 Å². The van der Waals surface area contributed by atoms with Gasteiger partial charge in [-0.3, -0.25) is 4.57 Å². The van der Waals surface area contributed by atoms with Gasteiger partial charge in [-0.1, -0.05) is 166 Å². The fourth-order valence-electron chi connectivity index (χ4n) is 8.52. The molecule has 0 atom stereocenters. The maximum atomic E-state index is 6.75. The molecule has 7 aromatic carbocycles. The summed E-state index contributed by atoms with van der Waals surface area (Å²) in [6.07, 6.45) is 5.86. The zero-order valence-corrected chi connectivity index (χ0v) is 33.7. The van der Waals surface area contributed by atoms with Crippen molar-refractivity contribution in [3.05, 3.63) is 212 Å². The molecule has 0 N–H and O–H groups in total. The second kappa shape index (κ2) is 14.2. The lowest BCUT2D eigenvalue weighted by Crippen LogP contribution is -2.84. The van der Waals surface area contributed by atoms with Crippen LogP contribution in [0.15, 0.2) is 200 Å². The zero-order chi connectivity index (χ0) is 39.3. The predicted octanol–water partition coefficient (Wildman–Crippen LogP) is 9.82. The Morgan fingerprint density at radius 2 is 1.12 bits per heavy atom. The van der Waals surface area contributed by atoms with Crippen molar-refractivity contribution in [2.24, 2.45) is 0 Å². The van der Waals surface area contributed by atoms with E-state index in [0.717, 1.165) is 50.5 Å². The largest absolute Gasteiger partial charge is 0.458 e. The third kappa shape index (κ3) is 5.92. The Balaban J connectivity index is 1.11. The van der Waals surface area contributed by atoms with Crippen LogP contribution in [0.3, 0.4) is 0 Å². The van der Waals surface area contributed by atoms with Crippen LogP contribution < -0.4 is 24.5 Å². The summed E-state index contributed by atoms with van der Waals surface area (Å²) in [5.41, 5.74) is 6.52. The van der Waals surface area contributed by atoms with Crippen molar-refractivity contribution in [1.29, 1.82) is 0 Å². The van der Waals surface area contributed by atoms with Crippen molar-refractivity contribution in [3.8, 4) is 23.0 Å². The summed E-state index contributed by atoms with van der Waals surface area (Å²) in [5, 5.41) is 6.17. The van der Waals surface area contributed by atoms with E-state index >= 15 is 0 Å². The number of aromatic nitrogens is 4. The van der Waals surface area contributed by atoms with Crippen molar-refractivity contribution in [2.45, 2.75) is 26.2 Å². The number of imidazole rings is 1. The van der Waals surface area contributed by atoms with Gasteiger partial charge in [0.2, 0.25) is 6.33 Å². The Morgan fingerprint density at radius 3 is 1.79 bits per heavy atom. The molecular formula is C52H42N4OSi. The minimum atomic E-state index is -2.94. The number of ether oxygens (including phenoxy) is 1. The van der Waals surface area contributed by atoms with Crippen LogP contribution in [0, 0.1) is 6.33 Å². The highest BCUT2D eigenvalue weighted by atomic mass is 28.3. The number of fused-ring (bicyclic) bond motifs is 4. The van der Waals surface area contributed by atoms with E-state index in [0.29, 0.717) is 0 Å². The Bertz CT molecular complexity index is 2980. The van der Waals surface area contributed by atoms with E-state index in [1.165, 1.54) is 26.5 Å². The van der Waals surface area contributed by atoms with Crippen LogP contribution in [0.4, 0.5) is 0 Å². The molecule has 0 unspecified atom stereocenters. The van der Waals surface area contributed by atoms with Crippen LogP contribution in [0.5, 0.6) is 11.5 Å². The van der Waals surface area contributed by atoms with Gasteiger partial charge >= 0.3 is 8.24 Å². The van der Waals surface area contributed by atoms with Crippen molar-refractivity contribution >= 4 is 56.6 Å². The highest BCUT2D eigenvalue weighted by Gasteiger charge is 2.47. The number of rotatable bonds is 8. The fourth-order valence-corrected chi connectivity index (χ4v) is 13.1. The smallest absolute Gasteiger partial charge is 0.345 e. The average molecular weight is 767 g/mol. The van der Waals surface area contributed by atoms with E-state index in [1.54, 1.807) is 0 Å². The predicted molar refractivity (Wildman–Crippen MR) is 239 cm³/mol. The topological polar surface area (TPSA) is 35.9 Å². The second-order valence-electron chi connectivity index (χ2n) is 15.9. The van der Waals surface area contributed by atoms with E-state index in [2.05, 4.69) is 229 Å². The summed E-state index contributed by atoms with van der Waals surface area (Å²) in [6, 6.07) is 69.1. The normalized spacial score (nSPS) is 12.1. The van der Waals surface area contributed by atoms with E-state index in [9.17, 15) is 0 Å². The van der Waals surface area contributed by atoms with Crippen LogP contribution in [0.1, 0.15) is 26.3 Å². The van der Waals surface area contributed by atoms with Gasteiger partial charge in [0.15, 0.2) is 0 Å². The quantitative estimate of drug-likeness (QED) is 0.0878. The molecule has 3 aromatic heterocycles. The van der Waals surface area contributed by atoms with E-state index in [1.807, 2.05) is 12.3 Å². The molecule has 0 saturated carbocycles. The van der Waals surface area contributed by atoms with Gasteiger partial charge in [0, 0.05) is 28.6 Å². The lowest BCUT2D eigenvalue weighted by molar-refractivity contribution is -0.515. The highest BCUT2D eigenvalue weighted by Crippen LogP contribution is 2.36. The third-order valence-corrected chi connectivity index (χ3v) is 15.8. The van der Waals surface area contributed by atoms with Gasteiger partial charge in [-0.25, -0.2) is 4.98 Å². The molecule has 0 aliphatic rings. The van der Waals surface area contributed by atoms with Crippen molar-refractivity contribution < 1.29 is 8.97 Å². The molecule has 5 nitrogen and oxygen atoms in total. The first kappa shape index (κ1) is 35.4. The molecule has 0 aliphatic carbocycles. The highest BCUT2D eigenvalue weighted by molar-refractivity contribution is 7.05. The molecule has 0 amide bonds. The van der Waals surface area contributed by atoms with Crippen LogP contribution in [-0.2, 0) is 5.41 Å². The molecule has 58 heavy (non-hydrogen) atoms. The second-order valence-corrected chi connectivity index (χ2v) is 19.5. The Hall–Kier alpha value is -7.02. The lowest BCUT2D eigenvalue weighted by Gasteiger charge is -2.32. The first-order valence-electron chi connectivity index (χ1n) is 19.8. The summed E-state index contributed by atoms with van der Waals surface area (Å²) in [6.45, 7) is 6.71. The number of para-hydroxylation sites is 3. The lowest BCUT2D eigenvalue weighted by atomic mass is 9.88. The Labute approximate surface area is 339 Å². The maximum Gasteiger partial charge on any atom is 0.345 e. The maximum absolute atomic E-state index is 6.75. The Kier molecular flexibility index (Phi) is 8.65. The van der Waals surface area contributed by atoms with Gasteiger partial charge < -0.3 is 13.5 Å². The molecule has 0 bridgehead atoms. The summed E-state index contributed by atoms with van der Waals surface area (Å²) >= 11 is 0. The third-order valence-electron chi connectivity index (χ3n) is 11.3. The fraction of sp³-hybridized carbons (Fsp3) is 0.0769. The zero-order valence-electron chi connectivity index (χ0n) is 32.7. The summed E-state index contributed by atoms with van der Waals surface area (Å²) < 4.78 is 13.6. The molecule has 0 saturated heterocycles. The standard InChI is InChI=1S/C52H42N4OSi/c1-52(2,3)38-32-33-53-51(34-38)56-47-27-14-13-26-45(47)46-31-30-41(36-50(46)56)57-40-19-17-18-39(35-40)54-37-55(49-29-16-15-28-48(49)54)58(42-20-7-4-8-21-42,43-22-9-5-10-23-43)44-24-11-6-12-25-44/h4-36H,1-3H3. The van der Waals surface area contributed by atoms with Crippen LogP contribution in [0.25, 0.3) is 44.3 Å². The van der Waals surface area contributed by atoms with Crippen LogP contribution in [-0.4, -0.2) is 22.4 Å². The minimum absolute atomic E-state index is 0.00813. The molecule has 0 aliphatic heterocycles. The summed E-state index contributed by atoms with van der Waals surface area (Å²) in [7, 11) is -2.94. The molecule has 0 spiro atoms. The van der Waals surface area contributed by atoms with E-state index in [4.69, 9.17) is 9.72 Å². The Morgan fingerprint density at radius 1 is 0.534 bits per heavy atom. The number of pyridine rings is 1. The minimum Gasteiger partial charge on any atom is -0.458 e. The monoisotopic (exact) mass is 766 g/mol. The number of nitrogens with zero attached hydrogens (tertiary/aromatic N) is 4. The average Bonchev–Trinajstić information content (AvgIpc) is 3.81. The number of hydrogen-bond donors (Lipinski definition) is 0. The molecule has 0 radical (unpaired) electrons. The van der Waals surface area contributed by atoms with Gasteiger partial charge in [-0.15, -0.1) is 0 Å². The first-order chi connectivity index (χ1) is 28.4. The molecule has 10 rings (SSSR count). The summed E-state index contributed by atoms with van der Waals surface area (Å²) in [5.74, 6) is 2.38. The number of benzene rings is 7. The van der Waals surface area contributed by atoms with Gasteiger partial charge in [0.1, 0.15) is 17.3 Å². The molecule has 3 heterocycles. The van der Waals surface area contributed by atoms with E-state index < -0.39 is 8.24 Å². The first-order valence-corrected chi connectivity index (χ1v) is 21.7. The van der Waals surface area contributed by atoms with Crippen molar-refractivity contribution in [1.82, 2.24) is 14.1 Å². The molecule has 6 heteroatoms. The SMILES string of the molecule is CC(C)(C)c1ccnc(-n2c3ccccc3c3ccc(Oc4cccc(-n5[c-][n+]([Si](c6ccccc6)(c6ccccc6)c6ccccc6)c6ccccc65)c4)cc32)c1. The van der Waals surface area contributed by atoms with E-state index in [-0.39, 0.29) is 5.41 Å². The van der Waals surface area contributed by atoms with Gasteiger partial charge in [0.05, 0.1) is 22.2 Å². The molecule has 0 fully saturated rings. The van der Waals surface area contributed by atoms with Gasteiger partial charge in [0.25, 0.3) is 0 Å².